The number of thiophene rings is 1. The number of hydrogen-bond acceptors (Lipinski definition) is 4. The first kappa shape index (κ1) is 13.1. The summed E-state index contributed by atoms with van der Waals surface area (Å²) in [7, 11) is 0. The molecule has 102 valence electrons. The van der Waals surface area contributed by atoms with Gasteiger partial charge in [-0.1, -0.05) is 34.1 Å². The zero-order chi connectivity index (χ0) is 14.2. The van der Waals surface area contributed by atoms with Gasteiger partial charge in [0.25, 0.3) is 0 Å². The van der Waals surface area contributed by atoms with E-state index in [0.717, 1.165) is 31.8 Å². The summed E-state index contributed by atoms with van der Waals surface area (Å²) >= 11 is 6.94. The Bertz CT molecular complexity index is 927. The molecule has 4 rings (SSSR count). The molecule has 0 aliphatic heterocycles. The molecule has 0 amide bonds. The van der Waals surface area contributed by atoms with Gasteiger partial charge in [-0.2, -0.15) is 0 Å². The van der Waals surface area contributed by atoms with Crippen LogP contribution in [0, 0.1) is 0 Å². The van der Waals surface area contributed by atoms with E-state index < -0.39 is 0 Å². The van der Waals surface area contributed by atoms with Crippen LogP contribution in [0.1, 0.15) is 0 Å². The lowest BCUT2D eigenvalue weighted by Crippen LogP contribution is -1.82. The molecule has 3 aromatic heterocycles. The molecule has 0 atom stereocenters. The van der Waals surface area contributed by atoms with Gasteiger partial charge in [0.2, 0.25) is 0 Å². The van der Waals surface area contributed by atoms with Crippen molar-refractivity contribution < 1.29 is 0 Å². The summed E-state index contributed by atoms with van der Waals surface area (Å²) in [4.78, 5) is 9.24. The van der Waals surface area contributed by atoms with Crippen LogP contribution in [-0.2, 0) is 0 Å². The number of benzene rings is 1. The Morgan fingerprint density at radius 2 is 1.95 bits per heavy atom. The van der Waals surface area contributed by atoms with Crippen molar-refractivity contribution in [1.29, 1.82) is 0 Å². The number of nitrogens with zero attached hydrogens (tertiary/aromatic N) is 2. The highest BCUT2D eigenvalue weighted by atomic mass is 79.9. The van der Waals surface area contributed by atoms with Crippen LogP contribution in [0.4, 0.5) is 0 Å². The van der Waals surface area contributed by atoms with E-state index in [1.807, 2.05) is 30.5 Å². The molecular formula is C16H9BrN2S2. The molecule has 0 unspecified atom stereocenters. The third-order valence-electron chi connectivity index (χ3n) is 3.20. The topological polar surface area (TPSA) is 25.8 Å². The van der Waals surface area contributed by atoms with Crippen LogP contribution < -0.4 is 0 Å². The first-order valence-electron chi connectivity index (χ1n) is 6.35. The molecule has 0 bridgehead atoms. The third kappa shape index (κ3) is 2.41. The van der Waals surface area contributed by atoms with E-state index in [9.17, 15) is 0 Å². The van der Waals surface area contributed by atoms with Crippen molar-refractivity contribution in [3.63, 3.8) is 0 Å². The average molecular weight is 373 g/mol. The summed E-state index contributed by atoms with van der Waals surface area (Å²) in [5.41, 5.74) is 4.23. The molecule has 5 heteroatoms. The highest BCUT2D eigenvalue weighted by Crippen LogP contribution is 2.33. The zero-order valence-electron chi connectivity index (χ0n) is 10.8. The first-order chi connectivity index (χ1) is 10.3. The standard InChI is InChI=1S/C16H9BrN2S2/c17-12-4-2-1-3-11(12)14-9-21-16(19-14)10-7-15-13(18-8-10)5-6-20-15/h1-9H. The highest BCUT2D eigenvalue weighted by Gasteiger charge is 2.10. The quantitative estimate of drug-likeness (QED) is 0.441. The monoisotopic (exact) mass is 372 g/mol. The van der Waals surface area contributed by atoms with Crippen molar-refractivity contribution >= 4 is 48.8 Å². The summed E-state index contributed by atoms with van der Waals surface area (Å²) in [6, 6.07) is 12.3. The van der Waals surface area contributed by atoms with Crippen LogP contribution in [0.5, 0.6) is 0 Å². The van der Waals surface area contributed by atoms with Crippen LogP contribution in [-0.4, -0.2) is 9.97 Å². The van der Waals surface area contributed by atoms with Gasteiger partial charge in [-0.15, -0.1) is 22.7 Å². The molecule has 0 saturated heterocycles. The van der Waals surface area contributed by atoms with Gasteiger partial charge in [0.15, 0.2) is 0 Å². The molecule has 2 nitrogen and oxygen atoms in total. The van der Waals surface area contributed by atoms with Gasteiger partial charge in [-0.3, -0.25) is 4.98 Å². The predicted octanol–water partition coefficient (Wildman–Crippen LogP) is 5.85. The molecule has 0 fully saturated rings. The molecule has 0 spiro atoms. The molecule has 4 aromatic rings. The second kappa shape index (κ2) is 5.33. The highest BCUT2D eigenvalue weighted by molar-refractivity contribution is 9.10. The number of hydrogen-bond donors (Lipinski definition) is 0. The minimum absolute atomic E-state index is 0.994. The van der Waals surface area contributed by atoms with Crippen LogP contribution in [0.2, 0.25) is 0 Å². The van der Waals surface area contributed by atoms with Gasteiger partial charge in [0, 0.05) is 27.2 Å². The minimum Gasteiger partial charge on any atom is -0.255 e. The van der Waals surface area contributed by atoms with E-state index in [1.165, 1.54) is 4.70 Å². The second-order valence-corrected chi connectivity index (χ2v) is 7.21. The Labute approximate surface area is 138 Å². The van der Waals surface area contributed by atoms with E-state index >= 15 is 0 Å². The molecule has 0 aliphatic carbocycles. The van der Waals surface area contributed by atoms with Gasteiger partial charge in [-0.25, -0.2) is 4.98 Å². The van der Waals surface area contributed by atoms with Gasteiger partial charge in [0.05, 0.1) is 15.9 Å². The van der Waals surface area contributed by atoms with Crippen molar-refractivity contribution in [2.75, 3.05) is 0 Å². The Balaban J connectivity index is 1.78. The maximum absolute atomic E-state index is 4.76. The summed E-state index contributed by atoms with van der Waals surface area (Å²) in [6.45, 7) is 0. The third-order valence-corrected chi connectivity index (χ3v) is 5.64. The Kier molecular flexibility index (Phi) is 3.33. The molecule has 3 heterocycles. The molecular weight excluding hydrogens is 364 g/mol. The Morgan fingerprint density at radius 3 is 2.86 bits per heavy atom. The summed E-state index contributed by atoms with van der Waals surface area (Å²) < 4.78 is 2.26. The molecule has 1 aromatic carbocycles. The maximum atomic E-state index is 4.76. The number of rotatable bonds is 2. The van der Waals surface area contributed by atoms with Gasteiger partial charge < -0.3 is 0 Å². The summed E-state index contributed by atoms with van der Waals surface area (Å²) in [5, 5.41) is 5.16. The van der Waals surface area contributed by atoms with Gasteiger partial charge in [0.1, 0.15) is 5.01 Å². The molecule has 0 aliphatic rings. The van der Waals surface area contributed by atoms with Gasteiger partial charge >= 0.3 is 0 Å². The van der Waals surface area contributed by atoms with Gasteiger partial charge in [-0.05, 0) is 23.6 Å². The number of aromatic nitrogens is 2. The van der Waals surface area contributed by atoms with Crippen molar-refractivity contribution in [3.05, 3.63) is 57.8 Å². The largest absolute Gasteiger partial charge is 0.255 e. The SMILES string of the molecule is Brc1ccccc1-c1csc(-c2cnc3ccsc3c2)n1. The van der Waals surface area contributed by atoms with Crippen LogP contribution in [0.3, 0.4) is 0 Å². The lowest BCUT2D eigenvalue weighted by atomic mass is 10.2. The molecule has 0 saturated carbocycles. The number of fused-ring (bicyclic) bond motifs is 1. The number of pyridine rings is 1. The minimum atomic E-state index is 0.994. The average Bonchev–Trinajstić information content (AvgIpc) is 3.16. The van der Waals surface area contributed by atoms with Crippen molar-refractivity contribution in [2.24, 2.45) is 0 Å². The smallest absolute Gasteiger partial charge is 0.125 e. The van der Waals surface area contributed by atoms with E-state index in [4.69, 9.17) is 4.98 Å². The first-order valence-corrected chi connectivity index (χ1v) is 8.90. The van der Waals surface area contributed by atoms with Crippen LogP contribution in [0.15, 0.2) is 57.8 Å². The molecule has 0 N–H and O–H groups in total. The van der Waals surface area contributed by atoms with Crippen LogP contribution >= 0.6 is 38.6 Å². The Hall–Kier alpha value is -1.56. The lowest BCUT2D eigenvalue weighted by Gasteiger charge is -1.99. The summed E-state index contributed by atoms with van der Waals surface area (Å²) in [5.74, 6) is 0. The predicted molar refractivity (Wildman–Crippen MR) is 93.9 cm³/mol. The normalized spacial score (nSPS) is 11.1. The zero-order valence-corrected chi connectivity index (χ0v) is 14.0. The molecule has 21 heavy (non-hydrogen) atoms. The molecule has 0 radical (unpaired) electrons. The fourth-order valence-corrected chi connectivity index (χ4v) is 4.23. The van der Waals surface area contributed by atoms with E-state index in [0.29, 0.717) is 0 Å². The number of halogens is 1. The van der Waals surface area contributed by atoms with Crippen LogP contribution in [0.25, 0.3) is 32.0 Å². The van der Waals surface area contributed by atoms with Crippen molar-refractivity contribution in [2.45, 2.75) is 0 Å². The van der Waals surface area contributed by atoms with Crippen molar-refractivity contribution in [1.82, 2.24) is 9.97 Å². The van der Waals surface area contributed by atoms with Crippen molar-refractivity contribution in [3.8, 4) is 21.8 Å². The Morgan fingerprint density at radius 1 is 1.05 bits per heavy atom. The fourth-order valence-electron chi connectivity index (χ4n) is 2.16. The van der Waals surface area contributed by atoms with E-state index in [2.05, 4.69) is 43.8 Å². The summed E-state index contributed by atoms with van der Waals surface area (Å²) in [6.07, 6.45) is 1.90. The fraction of sp³-hybridized carbons (Fsp3) is 0. The maximum Gasteiger partial charge on any atom is 0.125 e. The second-order valence-electron chi connectivity index (χ2n) is 4.55. The number of thiazole rings is 1. The van der Waals surface area contributed by atoms with E-state index in [-0.39, 0.29) is 0 Å². The van der Waals surface area contributed by atoms with E-state index in [1.54, 1.807) is 22.7 Å². The lowest BCUT2D eigenvalue weighted by molar-refractivity contribution is 1.37.